The minimum atomic E-state index is -0.467. The Morgan fingerprint density at radius 1 is 0.966 bits per heavy atom. The molecule has 6 nitrogen and oxygen atoms in total. The summed E-state index contributed by atoms with van der Waals surface area (Å²) in [6, 6.07) is 6.94. The van der Waals surface area contributed by atoms with Gasteiger partial charge in [0.2, 0.25) is 0 Å². The first kappa shape index (κ1) is 20.9. The van der Waals surface area contributed by atoms with Crippen LogP contribution >= 0.6 is 0 Å². The average molecular weight is 404 g/mol. The normalized spacial score (nSPS) is 23.1. The van der Waals surface area contributed by atoms with Crippen molar-refractivity contribution in [2.75, 3.05) is 59.5 Å². The smallest absolute Gasteiger partial charge is 0.161 e. The van der Waals surface area contributed by atoms with E-state index in [0.29, 0.717) is 18.9 Å². The number of aliphatic hydroxyl groups is 1. The monoisotopic (exact) mass is 403 g/mol. The molecule has 0 saturated carbocycles. The van der Waals surface area contributed by atoms with E-state index in [4.69, 9.17) is 9.47 Å². The van der Waals surface area contributed by atoms with E-state index in [-0.39, 0.29) is 0 Å². The number of β-amino-alcohol motifs (C(OH)–C–C–N with tert-alkyl or cyclic N) is 1. The molecular formula is C23H37N3O3. The van der Waals surface area contributed by atoms with E-state index in [1.807, 2.05) is 6.07 Å². The van der Waals surface area contributed by atoms with Crippen molar-refractivity contribution in [2.24, 2.45) is 0 Å². The molecule has 0 aliphatic carbocycles. The summed E-state index contributed by atoms with van der Waals surface area (Å²) in [6.45, 7) is 9.02. The van der Waals surface area contributed by atoms with Crippen LogP contribution in [0.2, 0.25) is 0 Å². The van der Waals surface area contributed by atoms with Crippen molar-refractivity contribution in [3.05, 3.63) is 23.8 Å². The summed E-state index contributed by atoms with van der Waals surface area (Å²) < 4.78 is 11.4. The predicted octanol–water partition coefficient (Wildman–Crippen LogP) is 2.20. The Hall–Kier alpha value is -1.34. The lowest BCUT2D eigenvalue weighted by Crippen LogP contribution is -2.59. The van der Waals surface area contributed by atoms with Crippen molar-refractivity contribution in [1.29, 1.82) is 0 Å². The largest absolute Gasteiger partial charge is 0.493 e. The summed E-state index contributed by atoms with van der Waals surface area (Å²) >= 11 is 0. The third-order valence-electron chi connectivity index (χ3n) is 6.58. The van der Waals surface area contributed by atoms with Gasteiger partial charge in [-0.3, -0.25) is 9.80 Å². The zero-order chi connectivity index (χ0) is 20.1. The Morgan fingerprint density at radius 3 is 2.41 bits per heavy atom. The molecule has 0 radical (unpaired) electrons. The molecule has 1 aromatic rings. The first-order chi connectivity index (χ1) is 14.2. The summed E-state index contributed by atoms with van der Waals surface area (Å²) in [7, 11) is 1.68. The SMILES string of the molecule is COc1cc(CN2CC(N3CCCCC3)C2)ccc1OC[C@@H](O)CN1CCCC1. The van der Waals surface area contributed by atoms with Crippen LogP contribution in [0.15, 0.2) is 18.2 Å². The highest BCUT2D eigenvalue weighted by molar-refractivity contribution is 5.43. The van der Waals surface area contributed by atoms with Crippen LogP contribution in [0.3, 0.4) is 0 Å². The molecule has 0 amide bonds. The van der Waals surface area contributed by atoms with Crippen LogP contribution in [0.1, 0.15) is 37.7 Å². The number of aliphatic hydroxyl groups excluding tert-OH is 1. The number of likely N-dealkylation sites (tertiary alicyclic amines) is 3. The summed E-state index contributed by atoms with van der Waals surface area (Å²) in [5.41, 5.74) is 1.25. The van der Waals surface area contributed by atoms with Gasteiger partial charge in [-0.15, -0.1) is 0 Å². The van der Waals surface area contributed by atoms with Gasteiger partial charge in [0.1, 0.15) is 12.7 Å². The molecule has 0 aromatic heterocycles. The van der Waals surface area contributed by atoms with E-state index < -0.39 is 6.10 Å². The highest BCUT2D eigenvalue weighted by atomic mass is 16.5. The molecule has 6 heteroatoms. The maximum atomic E-state index is 10.3. The number of rotatable bonds is 9. The summed E-state index contributed by atoms with van der Waals surface area (Å²) in [4.78, 5) is 7.48. The van der Waals surface area contributed by atoms with Crippen LogP contribution in [-0.4, -0.2) is 91.5 Å². The molecule has 3 saturated heterocycles. The second-order valence-electron chi connectivity index (χ2n) is 8.90. The Labute approximate surface area is 175 Å². The molecule has 162 valence electrons. The van der Waals surface area contributed by atoms with Crippen LogP contribution in [0.25, 0.3) is 0 Å². The number of piperidine rings is 1. The second-order valence-corrected chi connectivity index (χ2v) is 8.90. The van der Waals surface area contributed by atoms with Crippen LogP contribution in [0.5, 0.6) is 11.5 Å². The lowest BCUT2D eigenvalue weighted by atomic mass is 10.0. The molecule has 0 unspecified atom stereocenters. The quantitative estimate of drug-likeness (QED) is 0.682. The fourth-order valence-corrected chi connectivity index (χ4v) is 4.88. The second kappa shape index (κ2) is 10.1. The summed E-state index contributed by atoms with van der Waals surface area (Å²) in [5, 5.41) is 10.3. The molecule has 0 spiro atoms. The number of methoxy groups -OCH3 is 1. The summed E-state index contributed by atoms with van der Waals surface area (Å²) in [5.74, 6) is 1.47. The molecule has 3 heterocycles. The van der Waals surface area contributed by atoms with Gasteiger partial charge in [-0.1, -0.05) is 12.5 Å². The van der Waals surface area contributed by atoms with E-state index in [2.05, 4.69) is 26.8 Å². The maximum Gasteiger partial charge on any atom is 0.161 e. The van der Waals surface area contributed by atoms with Gasteiger partial charge in [-0.2, -0.15) is 0 Å². The van der Waals surface area contributed by atoms with Gasteiger partial charge >= 0.3 is 0 Å². The number of hydrogen-bond acceptors (Lipinski definition) is 6. The Kier molecular flexibility index (Phi) is 7.29. The molecular weight excluding hydrogens is 366 g/mol. The highest BCUT2D eigenvalue weighted by Crippen LogP contribution is 2.30. The topological polar surface area (TPSA) is 48.4 Å². The van der Waals surface area contributed by atoms with Gasteiger partial charge < -0.3 is 19.5 Å². The minimum Gasteiger partial charge on any atom is -0.493 e. The van der Waals surface area contributed by atoms with Gasteiger partial charge in [0, 0.05) is 32.2 Å². The Morgan fingerprint density at radius 2 is 1.69 bits per heavy atom. The van der Waals surface area contributed by atoms with Gasteiger partial charge in [-0.05, 0) is 69.6 Å². The fourth-order valence-electron chi connectivity index (χ4n) is 4.88. The van der Waals surface area contributed by atoms with Crippen molar-refractivity contribution in [3.8, 4) is 11.5 Å². The molecule has 4 rings (SSSR count). The van der Waals surface area contributed by atoms with Crippen molar-refractivity contribution in [3.63, 3.8) is 0 Å². The molecule has 1 N–H and O–H groups in total. The van der Waals surface area contributed by atoms with Gasteiger partial charge in [0.05, 0.1) is 7.11 Å². The number of hydrogen-bond donors (Lipinski definition) is 1. The molecule has 3 aliphatic heterocycles. The molecule has 3 fully saturated rings. The highest BCUT2D eigenvalue weighted by Gasteiger charge is 2.32. The van der Waals surface area contributed by atoms with Crippen LogP contribution < -0.4 is 9.47 Å². The third kappa shape index (κ3) is 5.63. The maximum absolute atomic E-state index is 10.3. The first-order valence-corrected chi connectivity index (χ1v) is 11.4. The zero-order valence-electron chi connectivity index (χ0n) is 17.9. The van der Waals surface area contributed by atoms with Crippen molar-refractivity contribution >= 4 is 0 Å². The van der Waals surface area contributed by atoms with E-state index in [9.17, 15) is 5.11 Å². The summed E-state index contributed by atoms with van der Waals surface area (Å²) in [6.07, 6.45) is 6.13. The average Bonchev–Trinajstić information content (AvgIpc) is 3.22. The third-order valence-corrected chi connectivity index (χ3v) is 6.58. The number of ether oxygens (including phenoxy) is 2. The molecule has 0 bridgehead atoms. The predicted molar refractivity (Wildman–Crippen MR) is 115 cm³/mol. The van der Waals surface area contributed by atoms with E-state index in [1.54, 1.807) is 7.11 Å². The minimum absolute atomic E-state index is 0.301. The standard InChI is InChI=1S/C23H37N3O3/c1-28-23-13-19(14-25-15-20(16-25)26-11-3-2-4-12-26)7-8-22(23)29-18-21(27)17-24-9-5-6-10-24/h7-8,13,20-21,27H,2-6,9-12,14-18H2,1H3/t21-/m0/s1. The number of benzene rings is 1. The molecule has 1 atom stereocenters. The Balaban J connectivity index is 1.23. The van der Waals surface area contributed by atoms with Crippen molar-refractivity contribution in [1.82, 2.24) is 14.7 Å². The van der Waals surface area contributed by atoms with Gasteiger partial charge in [0.15, 0.2) is 11.5 Å². The number of nitrogens with zero attached hydrogens (tertiary/aromatic N) is 3. The van der Waals surface area contributed by atoms with Gasteiger partial charge in [0.25, 0.3) is 0 Å². The lowest BCUT2D eigenvalue weighted by molar-refractivity contribution is 0.0185. The molecule has 1 aromatic carbocycles. The Bertz CT molecular complexity index is 638. The van der Waals surface area contributed by atoms with Gasteiger partial charge in [-0.25, -0.2) is 0 Å². The van der Waals surface area contributed by atoms with E-state index >= 15 is 0 Å². The van der Waals surface area contributed by atoms with Crippen molar-refractivity contribution < 1.29 is 14.6 Å². The first-order valence-electron chi connectivity index (χ1n) is 11.4. The molecule has 3 aliphatic rings. The lowest BCUT2D eigenvalue weighted by Gasteiger charge is -2.46. The van der Waals surface area contributed by atoms with E-state index in [0.717, 1.165) is 31.4 Å². The van der Waals surface area contributed by atoms with Crippen LogP contribution in [-0.2, 0) is 6.54 Å². The molecule has 29 heavy (non-hydrogen) atoms. The fraction of sp³-hybridized carbons (Fsp3) is 0.739. The zero-order valence-corrected chi connectivity index (χ0v) is 17.9. The van der Waals surface area contributed by atoms with Crippen molar-refractivity contribution in [2.45, 2.75) is 50.8 Å². The van der Waals surface area contributed by atoms with Crippen LogP contribution in [0, 0.1) is 0 Å². The van der Waals surface area contributed by atoms with Crippen LogP contribution in [0.4, 0.5) is 0 Å². The van der Waals surface area contributed by atoms with E-state index in [1.165, 1.54) is 63.8 Å².